The highest BCUT2D eigenvalue weighted by Crippen LogP contribution is 2.25. The highest BCUT2D eigenvalue weighted by Gasteiger charge is 2.23. The van der Waals surface area contributed by atoms with Crippen LogP contribution in [0.2, 0.25) is 0 Å². The summed E-state index contributed by atoms with van der Waals surface area (Å²) in [7, 11) is 0. The van der Waals surface area contributed by atoms with E-state index in [1.54, 1.807) is 6.92 Å². The van der Waals surface area contributed by atoms with Crippen LogP contribution in [0.5, 0.6) is 0 Å². The Bertz CT molecular complexity index is 473. The molecule has 0 aromatic heterocycles. The third-order valence-electron chi connectivity index (χ3n) is 2.52. The number of aliphatic carboxylic acids is 1. The van der Waals surface area contributed by atoms with Gasteiger partial charge in [-0.25, -0.2) is 0 Å². The highest BCUT2D eigenvalue weighted by atomic mass is 16.6. The molecule has 3 N–H and O–H groups in total. The number of benzene rings is 1. The zero-order chi connectivity index (χ0) is 13.9. The molecule has 2 atom stereocenters. The Kier molecular flexibility index (Phi) is 4.35. The van der Waals surface area contributed by atoms with Crippen LogP contribution in [-0.4, -0.2) is 32.3 Å². The summed E-state index contributed by atoms with van der Waals surface area (Å²) in [5.74, 6) is -1.26. The van der Waals surface area contributed by atoms with Crippen molar-refractivity contribution in [3.63, 3.8) is 0 Å². The lowest BCUT2D eigenvalue weighted by molar-refractivity contribution is -0.385. The average Bonchev–Trinajstić information content (AvgIpc) is 2.27. The van der Waals surface area contributed by atoms with E-state index >= 15 is 0 Å². The second-order valence-corrected chi connectivity index (χ2v) is 3.91. The van der Waals surface area contributed by atoms with Crippen LogP contribution in [0.1, 0.15) is 23.7 Å². The van der Waals surface area contributed by atoms with Gasteiger partial charge in [0.25, 0.3) is 5.69 Å². The van der Waals surface area contributed by atoms with Crippen LogP contribution in [0.25, 0.3) is 0 Å². The number of aliphatic hydroxyl groups is 2. The van der Waals surface area contributed by atoms with Crippen LogP contribution < -0.4 is 0 Å². The average molecular weight is 255 g/mol. The maximum Gasteiger partial charge on any atom is 0.306 e. The van der Waals surface area contributed by atoms with Gasteiger partial charge in [-0.1, -0.05) is 12.1 Å². The molecule has 0 amide bonds. The number of aliphatic hydroxyl groups excluding tert-OH is 2. The number of nitro groups is 1. The van der Waals surface area contributed by atoms with Gasteiger partial charge >= 0.3 is 5.97 Å². The smallest absolute Gasteiger partial charge is 0.306 e. The van der Waals surface area contributed by atoms with Gasteiger partial charge in [0, 0.05) is 11.6 Å². The molecule has 0 aliphatic rings. The molecule has 0 saturated heterocycles. The van der Waals surface area contributed by atoms with Gasteiger partial charge in [-0.3, -0.25) is 14.9 Å². The number of aryl methyl sites for hydroxylation is 1. The molecule has 0 aliphatic heterocycles. The van der Waals surface area contributed by atoms with Gasteiger partial charge in [0.1, 0.15) is 6.10 Å². The molecule has 7 heteroatoms. The van der Waals surface area contributed by atoms with Crippen LogP contribution in [-0.2, 0) is 4.79 Å². The van der Waals surface area contributed by atoms with Crippen LogP contribution in [0, 0.1) is 17.0 Å². The molecule has 2 unspecified atom stereocenters. The first kappa shape index (κ1) is 14.1. The summed E-state index contributed by atoms with van der Waals surface area (Å²) >= 11 is 0. The molecule has 0 fully saturated rings. The Morgan fingerprint density at radius 3 is 2.56 bits per heavy atom. The number of carboxylic acids is 1. The summed E-state index contributed by atoms with van der Waals surface area (Å²) in [5, 5.41) is 38.3. The van der Waals surface area contributed by atoms with Crippen molar-refractivity contribution >= 4 is 11.7 Å². The van der Waals surface area contributed by atoms with Crippen molar-refractivity contribution in [2.45, 2.75) is 25.6 Å². The van der Waals surface area contributed by atoms with E-state index in [-0.39, 0.29) is 11.3 Å². The molecule has 7 nitrogen and oxygen atoms in total. The number of rotatable bonds is 5. The number of carboxylic acid groups (broad SMARTS) is 1. The van der Waals surface area contributed by atoms with E-state index in [2.05, 4.69) is 0 Å². The molecule has 0 radical (unpaired) electrons. The number of hydrogen-bond donors (Lipinski definition) is 3. The molecule has 0 aliphatic carbocycles. The van der Waals surface area contributed by atoms with E-state index in [0.717, 1.165) is 6.07 Å². The number of nitrogens with zero attached hydrogens (tertiary/aromatic N) is 1. The number of carbonyl (C=O) groups is 1. The highest BCUT2D eigenvalue weighted by molar-refractivity contribution is 5.67. The van der Waals surface area contributed by atoms with Gasteiger partial charge in [-0.15, -0.1) is 0 Å². The fourth-order valence-corrected chi connectivity index (χ4v) is 1.52. The van der Waals surface area contributed by atoms with E-state index in [1.165, 1.54) is 12.1 Å². The topological polar surface area (TPSA) is 121 Å². The Labute approximate surface area is 102 Å². The summed E-state index contributed by atoms with van der Waals surface area (Å²) in [6.07, 6.45) is -3.62. The van der Waals surface area contributed by atoms with Crippen LogP contribution in [0.4, 0.5) is 5.69 Å². The summed E-state index contributed by atoms with van der Waals surface area (Å²) in [4.78, 5) is 20.5. The first-order valence-electron chi connectivity index (χ1n) is 5.15. The zero-order valence-electron chi connectivity index (χ0n) is 9.61. The number of hydrogen-bond acceptors (Lipinski definition) is 5. The first-order valence-corrected chi connectivity index (χ1v) is 5.15. The standard InChI is InChI=1S/C11H13NO6/c1-6-2-3-7(4-8(6)12(17)18)11(16)9(13)5-10(14)15/h2-4,9,11,13,16H,5H2,1H3,(H,14,15). The minimum absolute atomic E-state index is 0.112. The molecule has 0 bridgehead atoms. The molecule has 1 rings (SSSR count). The molecule has 0 saturated carbocycles. The lowest BCUT2D eigenvalue weighted by Crippen LogP contribution is -2.21. The van der Waals surface area contributed by atoms with Crippen molar-refractivity contribution in [3.05, 3.63) is 39.4 Å². The van der Waals surface area contributed by atoms with Gasteiger partial charge in [0.05, 0.1) is 17.4 Å². The van der Waals surface area contributed by atoms with Gasteiger partial charge in [0.15, 0.2) is 0 Å². The molecular weight excluding hydrogens is 242 g/mol. The molecule has 0 heterocycles. The number of nitro benzene ring substituents is 1. The summed E-state index contributed by atoms with van der Waals surface area (Å²) in [5.41, 5.74) is 0.346. The molecule has 18 heavy (non-hydrogen) atoms. The van der Waals surface area contributed by atoms with E-state index < -0.39 is 29.5 Å². The maximum absolute atomic E-state index is 10.7. The SMILES string of the molecule is Cc1ccc(C(O)C(O)CC(=O)O)cc1[N+](=O)[O-]. The zero-order valence-corrected chi connectivity index (χ0v) is 9.61. The first-order chi connectivity index (χ1) is 8.32. The van der Waals surface area contributed by atoms with Gasteiger partial charge in [-0.05, 0) is 12.5 Å². The monoisotopic (exact) mass is 255 g/mol. The summed E-state index contributed by atoms with van der Waals surface area (Å²) < 4.78 is 0. The van der Waals surface area contributed by atoms with Crippen LogP contribution in [0.3, 0.4) is 0 Å². The van der Waals surface area contributed by atoms with Crippen LogP contribution in [0.15, 0.2) is 18.2 Å². The molecule has 0 spiro atoms. The lowest BCUT2D eigenvalue weighted by Gasteiger charge is -2.16. The second-order valence-electron chi connectivity index (χ2n) is 3.91. The minimum Gasteiger partial charge on any atom is -0.481 e. The third-order valence-corrected chi connectivity index (χ3v) is 2.52. The second kappa shape index (κ2) is 5.56. The predicted octanol–water partition coefficient (Wildman–Crippen LogP) is 0.772. The lowest BCUT2D eigenvalue weighted by atomic mass is 10.00. The third kappa shape index (κ3) is 3.25. The Hall–Kier alpha value is -1.99. The van der Waals surface area contributed by atoms with Crippen molar-refractivity contribution in [1.82, 2.24) is 0 Å². The predicted molar refractivity (Wildman–Crippen MR) is 61.1 cm³/mol. The van der Waals surface area contributed by atoms with Gasteiger partial charge < -0.3 is 15.3 Å². The fraction of sp³-hybridized carbons (Fsp3) is 0.364. The van der Waals surface area contributed by atoms with Crippen molar-refractivity contribution < 1.29 is 25.0 Å². The largest absolute Gasteiger partial charge is 0.481 e. The van der Waals surface area contributed by atoms with Crippen LogP contribution >= 0.6 is 0 Å². The van der Waals surface area contributed by atoms with Crippen molar-refractivity contribution in [1.29, 1.82) is 0 Å². The maximum atomic E-state index is 10.7. The van der Waals surface area contributed by atoms with Crippen molar-refractivity contribution in [2.75, 3.05) is 0 Å². The van der Waals surface area contributed by atoms with E-state index in [1.807, 2.05) is 0 Å². The minimum atomic E-state index is -1.51. The Morgan fingerprint density at radius 1 is 1.44 bits per heavy atom. The molecule has 98 valence electrons. The quantitative estimate of drug-likeness (QED) is 0.528. The van der Waals surface area contributed by atoms with Crippen molar-refractivity contribution in [2.24, 2.45) is 0 Å². The van der Waals surface area contributed by atoms with E-state index in [0.29, 0.717) is 5.56 Å². The summed E-state index contributed by atoms with van der Waals surface area (Å²) in [6.45, 7) is 1.54. The molecule has 1 aromatic rings. The van der Waals surface area contributed by atoms with E-state index in [9.17, 15) is 25.1 Å². The summed E-state index contributed by atoms with van der Waals surface area (Å²) in [6, 6.07) is 3.98. The fourth-order valence-electron chi connectivity index (χ4n) is 1.52. The normalized spacial score (nSPS) is 13.9. The molecular formula is C11H13NO6. The van der Waals surface area contributed by atoms with Gasteiger partial charge in [0.2, 0.25) is 0 Å². The molecule has 1 aromatic carbocycles. The van der Waals surface area contributed by atoms with E-state index in [4.69, 9.17) is 5.11 Å². The Balaban J connectivity index is 2.99. The van der Waals surface area contributed by atoms with Gasteiger partial charge in [-0.2, -0.15) is 0 Å². The Morgan fingerprint density at radius 2 is 2.06 bits per heavy atom. The van der Waals surface area contributed by atoms with Crippen molar-refractivity contribution in [3.8, 4) is 0 Å².